The van der Waals surface area contributed by atoms with Gasteiger partial charge in [0.2, 0.25) is 0 Å². The molecule has 6 nitrogen and oxygen atoms in total. The molecule has 0 aliphatic carbocycles. The molecule has 2 aliphatic heterocycles. The molecule has 0 saturated carbocycles. The molecule has 21 heavy (non-hydrogen) atoms. The first-order chi connectivity index (χ1) is 9.91. The largest absolute Gasteiger partial charge is 0.336 e. The van der Waals surface area contributed by atoms with Crippen molar-refractivity contribution in [2.45, 2.75) is 12.0 Å². The maximum Gasteiger partial charge on any atom is 0.322 e. The number of benzene rings is 1. The lowest BCUT2D eigenvalue weighted by Gasteiger charge is -2.21. The van der Waals surface area contributed by atoms with Gasteiger partial charge in [-0.05, 0) is 24.6 Å². The van der Waals surface area contributed by atoms with Crippen LogP contribution >= 0.6 is 0 Å². The van der Waals surface area contributed by atoms with Gasteiger partial charge in [-0.3, -0.25) is 14.9 Å². The van der Waals surface area contributed by atoms with Gasteiger partial charge in [0.05, 0.1) is 12.1 Å². The number of halogens is 2. The van der Waals surface area contributed by atoms with E-state index in [-0.39, 0.29) is 19.5 Å². The summed E-state index contributed by atoms with van der Waals surface area (Å²) in [4.78, 5) is 36.4. The molecule has 2 fully saturated rings. The molecule has 4 amide bonds. The molecule has 0 bridgehead atoms. The minimum absolute atomic E-state index is 0.0701. The summed E-state index contributed by atoms with van der Waals surface area (Å²) >= 11 is 0. The van der Waals surface area contributed by atoms with Crippen molar-refractivity contribution in [2.24, 2.45) is 0 Å². The van der Waals surface area contributed by atoms with Crippen molar-refractivity contribution in [1.29, 1.82) is 0 Å². The molecule has 1 spiro atoms. The molecule has 2 N–H and O–H groups in total. The fraction of sp³-hybridized carbons (Fsp3) is 0.308. The summed E-state index contributed by atoms with van der Waals surface area (Å²) < 4.78 is 26.8. The Balaban J connectivity index is 1.83. The molecule has 2 heterocycles. The third-order valence-electron chi connectivity index (χ3n) is 3.73. The minimum atomic E-state index is -1.17. The second-order valence-electron chi connectivity index (χ2n) is 5.09. The van der Waals surface area contributed by atoms with Crippen molar-refractivity contribution in [1.82, 2.24) is 15.5 Å². The topological polar surface area (TPSA) is 78.5 Å². The predicted molar refractivity (Wildman–Crippen MR) is 66.3 cm³/mol. The van der Waals surface area contributed by atoms with Crippen molar-refractivity contribution < 1.29 is 23.2 Å². The number of hydrogen-bond acceptors (Lipinski definition) is 3. The minimum Gasteiger partial charge on any atom is -0.336 e. The van der Waals surface area contributed by atoms with Gasteiger partial charge in [-0.1, -0.05) is 0 Å². The smallest absolute Gasteiger partial charge is 0.322 e. The molecular weight excluding hydrogens is 284 g/mol. The zero-order chi connectivity index (χ0) is 15.2. The van der Waals surface area contributed by atoms with Crippen LogP contribution in [0.2, 0.25) is 0 Å². The number of carbonyl (C=O) groups excluding carboxylic acids is 3. The van der Waals surface area contributed by atoms with Crippen molar-refractivity contribution >= 4 is 17.8 Å². The van der Waals surface area contributed by atoms with Crippen LogP contribution < -0.4 is 10.6 Å². The van der Waals surface area contributed by atoms with Gasteiger partial charge in [0.15, 0.2) is 0 Å². The average Bonchev–Trinajstić information content (AvgIpc) is 2.97. The van der Waals surface area contributed by atoms with Crippen LogP contribution in [0.25, 0.3) is 0 Å². The van der Waals surface area contributed by atoms with Gasteiger partial charge >= 0.3 is 6.03 Å². The molecule has 2 aliphatic rings. The average molecular weight is 295 g/mol. The first-order valence-corrected chi connectivity index (χ1v) is 6.29. The summed E-state index contributed by atoms with van der Waals surface area (Å²) in [5.74, 6) is -2.77. The van der Waals surface area contributed by atoms with Gasteiger partial charge in [0.25, 0.3) is 11.8 Å². The van der Waals surface area contributed by atoms with E-state index in [0.29, 0.717) is 0 Å². The van der Waals surface area contributed by atoms with Crippen molar-refractivity contribution in [3.8, 4) is 0 Å². The normalized spacial score (nSPS) is 24.4. The van der Waals surface area contributed by atoms with Gasteiger partial charge in [0.1, 0.15) is 17.2 Å². The van der Waals surface area contributed by atoms with Gasteiger partial charge < -0.3 is 10.2 Å². The number of amides is 4. The zero-order valence-corrected chi connectivity index (χ0v) is 10.8. The fourth-order valence-corrected chi connectivity index (χ4v) is 2.63. The summed E-state index contributed by atoms with van der Waals surface area (Å²) in [5.41, 5.74) is -1.56. The molecule has 0 radical (unpaired) electrons. The third kappa shape index (κ3) is 2.12. The molecule has 0 aromatic heterocycles. The van der Waals surface area contributed by atoms with Crippen LogP contribution in [0.15, 0.2) is 18.2 Å². The molecule has 8 heteroatoms. The Morgan fingerprint density at radius 3 is 2.71 bits per heavy atom. The SMILES string of the molecule is O=C1NC(=O)C2(CCN(C(=O)c3cc(F)ccc3F)C2)N1. The Morgan fingerprint density at radius 2 is 2.05 bits per heavy atom. The number of carbonyl (C=O) groups is 3. The summed E-state index contributed by atoms with van der Waals surface area (Å²) in [7, 11) is 0. The van der Waals surface area contributed by atoms with Gasteiger partial charge in [0, 0.05) is 6.54 Å². The quantitative estimate of drug-likeness (QED) is 0.736. The van der Waals surface area contributed by atoms with Gasteiger partial charge in [-0.25, -0.2) is 13.6 Å². The molecule has 110 valence electrons. The highest BCUT2D eigenvalue weighted by Gasteiger charge is 2.51. The van der Waals surface area contributed by atoms with E-state index < -0.39 is 40.6 Å². The molecule has 1 aromatic rings. The summed E-state index contributed by atoms with van der Waals surface area (Å²) in [6, 6.07) is 1.99. The number of likely N-dealkylation sites (tertiary alicyclic amines) is 1. The van der Waals surface area contributed by atoms with Gasteiger partial charge in [-0.15, -0.1) is 0 Å². The maximum absolute atomic E-state index is 13.6. The van der Waals surface area contributed by atoms with E-state index >= 15 is 0 Å². The number of rotatable bonds is 1. The van der Waals surface area contributed by atoms with E-state index in [1.807, 2.05) is 0 Å². The molecule has 1 aromatic carbocycles. The lowest BCUT2D eigenvalue weighted by atomic mass is 9.99. The Kier molecular flexibility index (Phi) is 2.89. The summed E-state index contributed by atoms with van der Waals surface area (Å²) in [5, 5.41) is 4.59. The van der Waals surface area contributed by atoms with E-state index in [2.05, 4.69) is 10.6 Å². The second-order valence-corrected chi connectivity index (χ2v) is 5.09. The molecule has 1 atom stereocenters. The molecule has 2 saturated heterocycles. The summed E-state index contributed by atoms with van der Waals surface area (Å²) in [6.07, 6.45) is 0.229. The molecule has 3 rings (SSSR count). The van der Waals surface area contributed by atoms with E-state index in [1.54, 1.807) is 0 Å². The molecule has 1 unspecified atom stereocenters. The van der Waals surface area contributed by atoms with Crippen molar-refractivity contribution in [3.05, 3.63) is 35.4 Å². The van der Waals surface area contributed by atoms with Crippen LogP contribution in [0.4, 0.5) is 13.6 Å². The number of hydrogen-bond donors (Lipinski definition) is 2. The van der Waals surface area contributed by atoms with E-state index in [9.17, 15) is 23.2 Å². The van der Waals surface area contributed by atoms with Crippen LogP contribution in [-0.2, 0) is 4.79 Å². The van der Waals surface area contributed by atoms with Crippen LogP contribution in [0.5, 0.6) is 0 Å². The lowest BCUT2D eigenvalue weighted by molar-refractivity contribution is -0.123. The van der Waals surface area contributed by atoms with E-state index in [0.717, 1.165) is 18.2 Å². The van der Waals surface area contributed by atoms with Crippen LogP contribution in [0, 0.1) is 11.6 Å². The molecular formula is C13H11F2N3O3. The Hall–Kier alpha value is -2.51. The van der Waals surface area contributed by atoms with Crippen molar-refractivity contribution in [2.75, 3.05) is 13.1 Å². The summed E-state index contributed by atoms with van der Waals surface area (Å²) in [6.45, 7) is 0.0991. The highest BCUT2D eigenvalue weighted by molar-refractivity contribution is 6.08. The monoisotopic (exact) mass is 295 g/mol. The first-order valence-electron chi connectivity index (χ1n) is 6.29. The standard InChI is InChI=1S/C13H11F2N3O3/c14-7-1-2-9(15)8(5-7)10(19)18-4-3-13(6-18)11(20)16-12(21)17-13/h1-2,5H,3-4,6H2,(H2,16,17,20,21). The highest BCUT2D eigenvalue weighted by Crippen LogP contribution is 2.26. The number of nitrogens with zero attached hydrogens (tertiary/aromatic N) is 1. The number of imide groups is 1. The van der Waals surface area contributed by atoms with Gasteiger partial charge in [-0.2, -0.15) is 0 Å². The Labute approximate surface area is 118 Å². The van der Waals surface area contributed by atoms with Crippen molar-refractivity contribution in [3.63, 3.8) is 0 Å². The number of urea groups is 1. The van der Waals surface area contributed by atoms with Crippen LogP contribution in [0.1, 0.15) is 16.8 Å². The van der Waals surface area contributed by atoms with Crippen LogP contribution in [0.3, 0.4) is 0 Å². The number of nitrogens with one attached hydrogen (secondary N) is 2. The Morgan fingerprint density at radius 1 is 1.29 bits per heavy atom. The fourth-order valence-electron chi connectivity index (χ4n) is 2.63. The first kappa shape index (κ1) is 13.5. The Bertz CT molecular complexity index is 664. The van der Waals surface area contributed by atoms with E-state index in [4.69, 9.17) is 0 Å². The van der Waals surface area contributed by atoms with E-state index in [1.165, 1.54) is 4.90 Å². The predicted octanol–water partition coefficient (Wildman–Crippen LogP) is 0.389. The maximum atomic E-state index is 13.6. The second kappa shape index (κ2) is 4.51. The highest BCUT2D eigenvalue weighted by atomic mass is 19.1. The third-order valence-corrected chi connectivity index (χ3v) is 3.73. The zero-order valence-electron chi connectivity index (χ0n) is 10.8. The lowest BCUT2D eigenvalue weighted by Crippen LogP contribution is -2.49. The van der Waals surface area contributed by atoms with Crippen LogP contribution in [-0.4, -0.2) is 41.4 Å².